The van der Waals surface area contributed by atoms with Crippen molar-refractivity contribution in [2.24, 2.45) is 0 Å². The van der Waals surface area contributed by atoms with Crippen molar-refractivity contribution in [1.82, 2.24) is 4.90 Å². The Bertz CT molecular complexity index is 489. The molecule has 0 heterocycles. The molecule has 0 saturated carbocycles. The van der Waals surface area contributed by atoms with Gasteiger partial charge in [0.1, 0.15) is 6.61 Å². The fourth-order valence-corrected chi connectivity index (χ4v) is 1.71. The first-order valence-electron chi connectivity index (χ1n) is 6.01. The first-order chi connectivity index (χ1) is 8.83. The largest absolute Gasteiger partial charge is 0.389 e. The van der Waals surface area contributed by atoms with Gasteiger partial charge in [-0.2, -0.15) is 0 Å². The van der Waals surface area contributed by atoms with Gasteiger partial charge in [-0.3, -0.25) is 4.79 Å². The second-order valence-corrected chi connectivity index (χ2v) is 5.01. The third kappa shape index (κ3) is 5.12. The molecule has 1 rings (SSSR count). The van der Waals surface area contributed by atoms with Gasteiger partial charge in [0.25, 0.3) is 5.91 Å². The molecule has 102 valence electrons. The molecule has 0 atom stereocenters. The van der Waals surface area contributed by atoms with Crippen LogP contribution in [0, 0.1) is 11.8 Å². The minimum atomic E-state index is -0.920. The van der Waals surface area contributed by atoms with E-state index < -0.39 is 5.60 Å². The Balaban J connectivity index is 2.78. The van der Waals surface area contributed by atoms with Crippen LogP contribution >= 0.6 is 0 Å². The highest BCUT2D eigenvalue weighted by molar-refractivity contribution is 5.94. The van der Waals surface area contributed by atoms with E-state index >= 15 is 0 Å². The molecular formula is C15H19NO3. The molecule has 4 heteroatoms. The van der Waals surface area contributed by atoms with E-state index in [1.54, 1.807) is 45.2 Å². The van der Waals surface area contributed by atoms with Crippen LogP contribution in [-0.2, 0) is 0 Å². The van der Waals surface area contributed by atoms with Gasteiger partial charge >= 0.3 is 0 Å². The summed E-state index contributed by atoms with van der Waals surface area (Å²) in [6.45, 7) is 3.39. The second-order valence-electron chi connectivity index (χ2n) is 5.01. The Morgan fingerprint density at radius 2 is 1.89 bits per heavy atom. The number of aliphatic hydroxyl groups excluding tert-OH is 1. The SMILES string of the molecule is CN(CC(C)(C)O)C(=O)c1ccc(C#CCO)cc1. The maximum Gasteiger partial charge on any atom is 0.253 e. The molecule has 0 spiro atoms. The number of nitrogens with zero attached hydrogens (tertiary/aromatic N) is 1. The molecular weight excluding hydrogens is 242 g/mol. The lowest BCUT2D eigenvalue weighted by Gasteiger charge is -2.25. The van der Waals surface area contributed by atoms with E-state index in [-0.39, 0.29) is 19.1 Å². The van der Waals surface area contributed by atoms with Gasteiger partial charge in [-0.05, 0) is 38.1 Å². The zero-order valence-corrected chi connectivity index (χ0v) is 11.5. The predicted octanol–water partition coefficient (Wildman–Crippen LogP) is 0.873. The number of hydrogen-bond donors (Lipinski definition) is 2. The van der Waals surface area contributed by atoms with Crippen LogP contribution in [0.1, 0.15) is 29.8 Å². The van der Waals surface area contributed by atoms with Crippen LogP contribution in [0.5, 0.6) is 0 Å². The quantitative estimate of drug-likeness (QED) is 0.794. The molecule has 1 aromatic carbocycles. The molecule has 0 aliphatic carbocycles. The standard InChI is InChI=1S/C15H19NO3/c1-15(2,19)11-16(3)14(18)13-8-6-12(7-9-13)5-4-10-17/h6-9,17,19H,10-11H2,1-3H3. The number of hydrogen-bond acceptors (Lipinski definition) is 3. The molecule has 0 aromatic heterocycles. The van der Waals surface area contributed by atoms with E-state index in [2.05, 4.69) is 11.8 Å². The predicted molar refractivity (Wildman–Crippen MR) is 73.7 cm³/mol. The lowest BCUT2D eigenvalue weighted by molar-refractivity contribution is 0.0368. The lowest BCUT2D eigenvalue weighted by atomic mass is 10.1. The summed E-state index contributed by atoms with van der Waals surface area (Å²) in [5, 5.41) is 18.3. The number of likely N-dealkylation sites (N-methyl/N-ethyl adjacent to an activating group) is 1. The van der Waals surface area contributed by atoms with Crippen LogP contribution in [0.3, 0.4) is 0 Å². The van der Waals surface area contributed by atoms with Gasteiger partial charge in [-0.1, -0.05) is 11.8 Å². The van der Waals surface area contributed by atoms with Crippen molar-refractivity contribution in [3.05, 3.63) is 35.4 Å². The highest BCUT2D eigenvalue weighted by Crippen LogP contribution is 2.09. The first-order valence-corrected chi connectivity index (χ1v) is 6.01. The normalized spacial score (nSPS) is 10.6. The Morgan fingerprint density at radius 1 is 1.32 bits per heavy atom. The summed E-state index contributed by atoms with van der Waals surface area (Å²) >= 11 is 0. The van der Waals surface area contributed by atoms with E-state index in [9.17, 15) is 9.90 Å². The molecule has 0 bridgehead atoms. The highest BCUT2D eigenvalue weighted by atomic mass is 16.3. The van der Waals surface area contributed by atoms with Gasteiger partial charge in [0, 0.05) is 24.7 Å². The third-order valence-corrected chi connectivity index (χ3v) is 2.41. The Morgan fingerprint density at radius 3 is 2.37 bits per heavy atom. The molecule has 1 aromatic rings. The molecule has 4 nitrogen and oxygen atoms in total. The van der Waals surface area contributed by atoms with E-state index in [0.29, 0.717) is 5.56 Å². The first kappa shape index (κ1) is 15.2. The molecule has 0 aliphatic heterocycles. The van der Waals surface area contributed by atoms with Crippen LogP contribution in [0.2, 0.25) is 0 Å². The molecule has 0 unspecified atom stereocenters. The van der Waals surface area contributed by atoms with Gasteiger partial charge in [0.2, 0.25) is 0 Å². The smallest absolute Gasteiger partial charge is 0.253 e. The van der Waals surface area contributed by atoms with Gasteiger partial charge in [-0.15, -0.1) is 0 Å². The van der Waals surface area contributed by atoms with E-state index in [1.165, 1.54) is 4.90 Å². The zero-order chi connectivity index (χ0) is 14.5. The number of rotatable bonds is 3. The van der Waals surface area contributed by atoms with Crippen molar-refractivity contribution in [3.8, 4) is 11.8 Å². The van der Waals surface area contributed by atoms with E-state index in [1.807, 2.05) is 0 Å². The van der Waals surface area contributed by atoms with Crippen LogP contribution in [-0.4, -0.2) is 46.8 Å². The molecule has 1 amide bonds. The van der Waals surface area contributed by atoms with Crippen molar-refractivity contribution in [1.29, 1.82) is 0 Å². The summed E-state index contributed by atoms with van der Waals surface area (Å²) in [4.78, 5) is 13.6. The monoisotopic (exact) mass is 261 g/mol. The van der Waals surface area contributed by atoms with Crippen LogP contribution in [0.25, 0.3) is 0 Å². The minimum absolute atomic E-state index is 0.149. The highest BCUT2D eigenvalue weighted by Gasteiger charge is 2.20. The Labute approximate surface area is 113 Å². The minimum Gasteiger partial charge on any atom is -0.389 e. The Kier molecular flexibility index (Phi) is 5.11. The zero-order valence-electron chi connectivity index (χ0n) is 11.5. The van der Waals surface area contributed by atoms with Crippen LogP contribution < -0.4 is 0 Å². The Hall–Kier alpha value is -1.83. The summed E-state index contributed by atoms with van der Waals surface area (Å²) in [6, 6.07) is 6.83. The molecule has 0 saturated heterocycles. The average molecular weight is 261 g/mol. The van der Waals surface area contributed by atoms with Crippen LogP contribution in [0.15, 0.2) is 24.3 Å². The van der Waals surface area contributed by atoms with Gasteiger partial charge in [-0.25, -0.2) is 0 Å². The van der Waals surface area contributed by atoms with Gasteiger partial charge in [0.15, 0.2) is 0 Å². The topological polar surface area (TPSA) is 60.8 Å². The van der Waals surface area contributed by atoms with Crippen LogP contribution in [0.4, 0.5) is 0 Å². The van der Waals surface area contributed by atoms with Crippen molar-refractivity contribution in [2.75, 3.05) is 20.2 Å². The summed E-state index contributed by atoms with van der Waals surface area (Å²) < 4.78 is 0. The molecule has 2 N–H and O–H groups in total. The van der Waals surface area contributed by atoms with Gasteiger partial charge in [0.05, 0.1) is 5.60 Å². The molecule has 0 fully saturated rings. The van der Waals surface area contributed by atoms with E-state index in [4.69, 9.17) is 5.11 Å². The van der Waals surface area contributed by atoms with Crippen molar-refractivity contribution in [3.63, 3.8) is 0 Å². The van der Waals surface area contributed by atoms with Crippen molar-refractivity contribution < 1.29 is 15.0 Å². The summed E-state index contributed by atoms with van der Waals surface area (Å²) in [5.74, 6) is 5.16. The average Bonchev–Trinajstić information content (AvgIpc) is 2.34. The summed E-state index contributed by atoms with van der Waals surface area (Å²) in [5.41, 5.74) is 0.369. The number of carbonyl (C=O) groups excluding carboxylic acids is 1. The number of aliphatic hydroxyl groups is 2. The third-order valence-electron chi connectivity index (χ3n) is 2.41. The van der Waals surface area contributed by atoms with Crippen molar-refractivity contribution >= 4 is 5.91 Å². The lowest BCUT2D eigenvalue weighted by Crippen LogP contribution is -2.39. The summed E-state index contributed by atoms with van der Waals surface area (Å²) in [6.07, 6.45) is 0. The molecule has 19 heavy (non-hydrogen) atoms. The van der Waals surface area contributed by atoms with E-state index in [0.717, 1.165) is 5.56 Å². The maximum atomic E-state index is 12.1. The fraction of sp³-hybridized carbons (Fsp3) is 0.400. The molecule has 0 aliphatic rings. The number of benzene rings is 1. The number of carbonyl (C=O) groups is 1. The van der Waals surface area contributed by atoms with Crippen molar-refractivity contribution in [2.45, 2.75) is 19.4 Å². The number of amides is 1. The van der Waals surface area contributed by atoms with Gasteiger partial charge < -0.3 is 15.1 Å². The maximum absolute atomic E-state index is 12.1. The second kappa shape index (κ2) is 6.37. The fourth-order valence-electron chi connectivity index (χ4n) is 1.71. The summed E-state index contributed by atoms with van der Waals surface area (Å²) in [7, 11) is 1.65. The molecule has 0 radical (unpaired) electrons.